The van der Waals surface area contributed by atoms with Crippen LogP contribution in [0.1, 0.15) is 28.8 Å². The van der Waals surface area contributed by atoms with Crippen LogP contribution >= 0.6 is 0 Å². The molecule has 142 valence electrons. The number of nitrogens with zero attached hydrogens (tertiary/aromatic N) is 3. The van der Waals surface area contributed by atoms with Crippen molar-refractivity contribution in [1.29, 1.82) is 0 Å². The third-order valence-electron chi connectivity index (χ3n) is 5.19. The summed E-state index contributed by atoms with van der Waals surface area (Å²) in [4.78, 5) is 20.0. The minimum atomic E-state index is -0.196. The molecule has 0 aliphatic carbocycles. The Balaban J connectivity index is 1.67. The predicted molar refractivity (Wildman–Crippen MR) is 114 cm³/mol. The van der Waals surface area contributed by atoms with Crippen LogP contribution in [-0.2, 0) is 0 Å². The van der Waals surface area contributed by atoms with Gasteiger partial charge in [0.25, 0.3) is 5.91 Å². The number of likely N-dealkylation sites (tertiary alicyclic amines) is 1. The quantitative estimate of drug-likeness (QED) is 0.707. The van der Waals surface area contributed by atoms with Crippen LogP contribution in [0, 0.1) is 6.92 Å². The summed E-state index contributed by atoms with van der Waals surface area (Å²) in [7, 11) is 2.10. The highest BCUT2D eigenvalue weighted by Gasteiger charge is 2.15. The molecule has 1 aliphatic rings. The van der Waals surface area contributed by atoms with E-state index in [0.717, 1.165) is 53.8 Å². The monoisotopic (exact) mass is 372 g/mol. The smallest absolute Gasteiger partial charge is 0.272 e. The number of fused-ring (bicyclic) bond motifs is 1. The first-order valence-electron chi connectivity index (χ1n) is 9.61. The van der Waals surface area contributed by atoms with Crippen molar-refractivity contribution in [2.24, 2.45) is 5.10 Å². The number of benzene rings is 2. The lowest BCUT2D eigenvalue weighted by Gasteiger charge is -2.22. The van der Waals surface area contributed by atoms with Crippen molar-refractivity contribution in [2.75, 3.05) is 20.1 Å². The molecular formula is C23H24N4O. The highest BCUT2D eigenvalue weighted by Crippen LogP contribution is 2.25. The Kier molecular flexibility index (Phi) is 5.17. The molecule has 1 fully saturated rings. The fourth-order valence-electron chi connectivity index (χ4n) is 3.41. The summed E-state index contributed by atoms with van der Waals surface area (Å²) >= 11 is 0. The van der Waals surface area contributed by atoms with Crippen molar-refractivity contribution in [1.82, 2.24) is 15.3 Å². The number of para-hydroxylation sites is 1. The minimum absolute atomic E-state index is 0.196. The molecule has 5 nitrogen and oxygen atoms in total. The summed E-state index contributed by atoms with van der Waals surface area (Å²) in [6.45, 7) is 4.01. The van der Waals surface area contributed by atoms with Crippen molar-refractivity contribution < 1.29 is 4.79 Å². The van der Waals surface area contributed by atoms with Gasteiger partial charge in [0.2, 0.25) is 0 Å². The molecule has 0 unspecified atom stereocenters. The van der Waals surface area contributed by atoms with Crippen LogP contribution in [0.2, 0.25) is 0 Å². The fraction of sp³-hybridized carbons (Fsp3) is 0.261. The number of hydrogen-bond acceptors (Lipinski definition) is 4. The number of amides is 1. The Morgan fingerprint density at radius 3 is 2.54 bits per heavy atom. The Hall–Kier alpha value is -3.05. The van der Waals surface area contributed by atoms with Gasteiger partial charge >= 0.3 is 0 Å². The topological polar surface area (TPSA) is 57.6 Å². The zero-order chi connectivity index (χ0) is 19.5. The van der Waals surface area contributed by atoms with E-state index in [1.165, 1.54) is 5.56 Å². The third kappa shape index (κ3) is 3.94. The molecule has 4 rings (SSSR count). The molecule has 0 saturated carbocycles. The second kappa shape index (κ2) is 7.90. The maximum Gasteiger partial charge on any atom is 0.272 e. The Morgan fingerprint density at radius 1 is 1.07 bits per heavy atom. The molecule has 1 aliphatic heterocycles. The largest absolute Gasteiger partial charge is 0.306 e. The van der Waals surface area contributed by atoms with Crippen molar-refractivity contribution in [2.45, 2.75) is 19.8 Å². The normalized spacial score (nSPS) is 14.9. The number of hydrogen-bond donors (Lipinski definition) is 1. The molecule has 1 amide bonds. The van der Waals surface area contributed by atoms with E-state index >= 15 is 0 Å². The highest BCUT2D eigenvalue weighted by molar-refractivity contribution is 6.07. The maximum absolute atomic E-state index is 12.9. The van der Waals surface area contributed by atoms with E-state index in [1.54, 1.807) is 0 Å². The molecule has 2 aromatic carbocycles. The number of aryl methyl sites for hydroxylation is 1. The van der Waals surface area contributed by atoms with Gasteiger partial charge in [0.15, 0.2) is 0 Å². The van der Waals surface area contributed by atoms with Crippen LogP contribution < -0.4 is 5.43 Å². The number of aromatic nitrogens is 1. The van der Waals surface area contributed by atoms with E-state index in [2.05, 4.69) is 41.5 Å². The lowest BCUT2D eigenvalue weighted by atomic mass is 10.0. The number of piperidine rings is 1. The minimum Gasteiger partial charge on any atom is -0.306 e. The third-order valence-corrected chi connectivity index (χ3v) is 5.19. The van der Waals surface area contributed by atoms with Crippen LogP contribution in [0.15, 0.2) is 59.7 Å². The zero-order valence-electron chi connectivity index (χ0n) is 16.3. The van der Waals surface area contributed by atoms with Crippen molar-refractivity contribution >= 4 is 22.5 Å². The molecule has 5 heteroatoms. The Bertz CT molecular complexity index is 1030. The summed E-state index contributed by atoms with van der Waals surface area (Å²) in [5.41, 5.74) is 8.18. The molecule has 1 saturated heterocycles. The van der Waals surface area contributed by atoms with Gasteiger partial charge in [-0.1, -0.05) is 48.0 Å². The van der Waals surface area contributed by atoms with Crippen LogP contribution in [0.25, 0.3) is 22.2 Å². The van der Waals surface area contributed by atoms with E-state index in [1.807, 2.05) is 42.5 Å². The van der Waals surface area contributed by atoms with Gasteiger partial charge < -0.3 is 4.90 Å². The van der Waals surface area contributed by atoms with E-state index < -0.39 is 0 Å². The summed E-state index contributed by atoms with van der Waals surface area (Å²) in [6.07, 6.45) is 1.78. The molecule has 1 N–H and O–H groups in total. The van der Waals surface area contributed by atoms with Crippen LogP contribution in [-0.4, -0.2) is 41.6 Å². The number of carbonyl (C=O) groups excluding carboxylic acids is 1. The first kappa shape index (κ1) is 18.3. The van der Waals surface area contributed by atoms with Gasteiger partial charge in [-0.3, -0.25) is 4.79 Å². The van der Waals surface area contributed by atoms with Crippen LogP contribution in [0.5, 0.6) is 0 Å². The molecule has 3 aromatic rings. The number of hydrazone groups is 1. The highest BCUT2D eigenvalue weighted by atomic mass is 16.2. The first-order chi connectivity index (χ1) is 13.6. The van der Waals surface area contributed by atoms with E-state index in [-0.39, 0.29) is 5.91 Å². The van der Waals surface area contributed by atoms with E-state index in [4.69, 9.17) is 4.98 Å². The molecule has 1 aromatic heterocycles. The zero-order valence-corrected chi connectivity index (χ0v) is 16.3. The standard InChI is InChI=1S/C23H24N4O/c1-16-7-9-17(10-8-16)22-15-20(19-5-3-4-6-21(19)24-22)23(28)26-25-18-11-13-27(2)14-12-18/h3-10,15H,11-14H2,1-2H3,(H,26,28). The van der Waals surface area contributed by atoms with Crippen LogP contribution in [0.4, 0.5) is 0 Å². The van der Waals surface area contributed by atoms with Gasteiger partial charge in [0.05, 0.1) is 16.8 Å². The van der Waals surface area contributed by atoms with Crippen molar-refractivity contribution in [3.63, 3.8) is 0 Å². The Labute approximate surface area is 165 Å². The van der Waals surface area contributed by atoms with Gasteiger partial charge in [-0.2, -0.15) is 5.10 Å². The summed E-state index contributed by atoms with van der Waals surface area (Å²) < 4.78 is 0. The molecule has 2 heterocycles. The summed E-state index contributed by atoms with van der Waals surface area (Å²) in [5, 5.41) is 5.22. The second-order valence-corrected chi connectivity index (χ2v) is 7.36. The molecule has 28 heavy (non-hydrogen) atoms. The number of carbonyl (C=O) groups is 1. The summed E-state index contributed by atoms with van der Waals surface area (Å²) in [5.74, 6) is -0.196. The predicted octanol–water partition coefficient (Wildman–Crippen LogP) is 4.02. The number of rotatable bonds is 3. The lowest BCUT2D eigenvalue weighted by Crippen LogP contribution is -2.32. The lowest BCUT2D eigenvalue weighted by molar-refractivity contribution is 0.0956. The van der Waals surface area contributed by atoms with Gasteiger partial charge in [0.1, 0.15) is 0 Å². The van der Waals surface area contributed by atoms with E-state index in [0.29, 0.717) is 5.56 Å². The van der Waals surface area contributed by atoms with Crippen molar-refractivity contribution in [3.8, 4) is 11.3 Å². The van der Waals surface area contributed by atoms with Gasteiger partial charge in [-0.05, 0) is 26.1 Å². The number of pyridine rings is 1. The van der Waals surface area contributed by atoms with Gasteiger partial charge in [-0.25, -0.2) is 10.4 Å². The summed E-state index contributed by atoms with van der Waals surface area (Å²) in [6, 6.07) is 17.8. The van der Waals surface area contributed by atoms with Crippen molar-refractivity contribution in [3.05, 3.63) is 65.7 Å². The van der Waals surface area contributed by atoms with Gasteiger partial charge in [-0.15, -0.1) is 0 Å². The maximum atomic E-state index is 12.9. The number of nitrogens with one attached hydrogen (secondary N) is 1. The first-order valence-corrected chi connectivity index (χ1v) is 9.61. The molecule has 0 spiro atoms. The molecular weight excluding hydrogens is 348 g/mol. The molecule has 0 atom stereocenters. The molecule has 0 bridgehead atoms. The average molecular weight is 372 g/mol. The van der Waals surface area contributed by atoms with Gasteiger partial charge in [0, 0.05) is 42.6 Å². The average Bonchev–Trinajstić information content (AvgIpc) is 2.73. The SMILES string of the molecule is Cc1ccc(-c2cc(C(=O)NN=C3CCN(C)CC3)c3ccccc3n2)cc1. The second-order valence-electron chi connectivity index (χ2n) is 7.36. The fourth-order valence-corrected chi connectivity index (χ4v) is 3.41. The van der Waals surface area contributed by atoms with E-state index in [9.17, 15) is 4.79 Å². The van der Waals surface area contributed by atoms with Crippen LogP contribution in [0.3, 0.4) is 0 Å². The molecule has 0 radical (unpaired) electrons. The Morgan fingerprint density at radius 2 is 1.79 bits per heavy atom.